The van der Waals surface area contributed by atoms with Crippen molar-refractivity contribution < 1.29 is 9.59 Å². The molecule has 1 unspecified atom stereocenters. The lowest BCUT2D eigenvalue weighted by Gasteiger charge is -2.37. The molecule has 2 N–H and O–H groups in total. The van der Waals surface area contributed by atoms with E-state index in [-0.39, 0.29) is 23.0 Å². The number of halogens is 1. The second-order valence-corrected chi connectivity index (χ2v) is 8.89. The fourth-order valence-corrected chi connectivity index (χ4v) is 4.44. The van der Waals surface area contributed by atoms with Crippen molar-refractivity contribution in [2.45, 2.75) is 24.3 Å². The van der Waals surface area contributed by atoms with E-state index in [1.807, 2.05) is 18.2 Å². The van der Waals surface area contributed by atoms with Crippen molar-refractivity contribution >= 4 is 35.8 Å². The van der Waals surface area contributed by atoms with Gasteiger partial charge in [0.15, 0.2) is 11.6 Å². The van der Waals surface area contributed by atoms with E-state index in [9.17, 15) is 9.59 Å². The van der Waals surface area contributed by atoms with Crippen molar-refractivity contribution in [2.75, 3.05) is 45.8 Å². The Bertz CT molecular complexity index is 786. The third-order valence-electron chi connectivity index (χ3n) is 5.82. The number of benzene rings is 1. The van der Waals surface area contributed by atoms with Crippen LogP contribution in [0.4, 0.5) is 0 Å². The van der Waals surface area contributed by atoms with Crippen LogP contribution in [0.2, 0.25) is 5.02 Å². The second-order valence-electron chi connectivity index (χ2n) is 7.96. The number of Topliss-reactive ketones (excluding diaryl/α,β-unsaturated/α-hetero) is 2. The molecular formula is C23H31ClN4O2S. The predicted molar refractivity (Wildman–Crippen MR) is 129 cm³/mol. The van der Waals surface area contributed by atoms with E-state index in [0.717, 1.165) is 44.8 Å². The topological polar surface area (TPSA) is 64.7 Å². The van der Waals surface area contributed by atoms with Crippen LogP contribution in [0.25, 0.3) is 0 Å². The summed E-state index contributed by atoms with van der Waals surface area (Å²) < 4.78 is 0. The minimum Gasteiger partial charge on any atom is -0.389 e. The van der Waals surface area contributed by atoms with Gasteiger partial charge in [0.05, 0.1) is 5.57 Å². The number of carbonyl (C=O) groups excluding carboxylic acids is 2. The van der Waals surface area contributed by atoms with Crippen molar-refractivity contribution in [3.8, 4) is 0 Å². The van der Waals surface area contributed by atoms with E-state index in [4.69, 9.17) is 11.6 Å². The zero-order chi connectivity index (χ0) is 22.2. The summed E-state index contributed by atoms with van der Waals surface area (Å²) in [4.78, 5) is 29.7. The Morgan fingerprint density at radius 1 is 1.13 bits per heavy atom. The number of carbonyl (C=O) groups is 2. The molecule has 1 heterocycles. The number of rotatable bonds is 9. The number of allylic oxidation sites excluding steroid dienone is 1. The average molecular weight is 463 g/mol. The summed E-state index contributed by atoms with van der Waals surface area (Å²) in [6.07, 6.45) is 4.16. The van der Waals surface area contributed by atoms with E-state index in [1.54, 1.807) is 18.3 Å². The number of nitrogens with one attached hydrogen (secondary N) is 2. The van der Waals surface area contributed by atoms with Crippen LogP contribution in [0.3, 0.4) is 0 Å². The van der Waals surface area contributed by atoms with Crippen LogP contribution in [0.15, 0.2) is 48.7 Å². The minimum atomic E-state index is -0.0934. The van der Waals surface area contributed by atoms with Crippen LogP contribution in [-0.4, -0.2) is 72.7 Å². The molecule has 1 aliphatic heterocycles. The van der Waals surface area contributed by atoms with Gasteiger partial charge in [0.1, 0.15) is 5.50 Å². The van der Waals surface area contributed by atoms with E-state index in [1.165, 1.54) is 0 Å². The summed E-state index contributed by atoms with van der Waals surface area (Å²) >= 11 is 10.5. The predicted octanol–water partition coefficient (Wildman–Crippen LogP) is 2.44. The number of thiol groups is 1. The van der Waals surface area contributed by atoms with Crippen LogP contribution < -0.4 is 10.6 Å². The molecule has 6 nitrogen and oxygen atoms in total. The zero-order valence-corrected chi connectivity index (χ0v) is 19.4. The van der Waals surface area contributed by atoms with E-state index >= 15 is 0 Å². The smallest absolute Gasteiger partial charge is 0.168 e. The van der Waals surface area contributed by atoms with E-state index in [0.29, 0.717) is 30.0 Å². The van der Waals surface area contributed by atoms with Crippen molar-refractivity contribution in [1.29, 1.82) is 0 Å². The van der Waals surface area contributed by atoms with E-state index < -0.39 is 0 Å². The Morgan fingerprint density at radius 3 is 2.39 bits per heavy atom. The average Bonchev–Trinajstić information content (AvgIpc) is 2.77. The third kappa shape index (κ3) is 6.92. The molecule has 0 spiro atoms. The number of nitrogens with zero attached hydrogens (tertiary/aromatic N) is 2. The number of hydrogen-bond donors (Lipinski definition) is 3. The van der Waals surface area contributed by atoms with Crippen molar-refractivity contribution in [3.63, 3.8) is 0 Å². The first kappa shape index (κ1) is 24.0. The van der Waals surface area contributed by atoms with Gasteiger partial charge in [0, 0.05) is 69.9 Å². The number of ketones is 2. The summed E-state index contributed by atoms with van der Waals surface area (Å²) in [7, 11) is 0. The first-order valence-electron chi connectivity index (χ1n) is 10.7. The van der Waals surface area contributed by atoms with Crippen LogP contribution in [0.5, 0.6) is 0 Å². The highest BCUT2D eigenvalue weighted by Gasteiger charge is 2.31. The highest BCUT2D eigenvalue weighted by Crippen LogP contribution is 2.31. The SMILES string of the molecule is C=CCNC(S)N1CCN(CCNC=C2C(=O)CC(c3ccc(Cl)cc3)CC2=O)CC1. The quantitative estimate of drug-likeness (QED) is 0.131. The Balaban J connectivity index is 1.40. The molecule has 1 aromatic carbocycles. The molecule has 2 fully saturated rings. The normalized spacial score (nSPS) is 21.7. The molecular weight excluding hydrogens is 432 g/mol. The standard InChI is InChI=1S/C23H31ClN4O2S/c1-2-7-26-23(31)28-12-10-27(11-13-28)9-8-25-16-20-21(29)14-18(15-22(20)30)17-3-5-19(24)6-4-17/h2-6,16,18,23,25-26,31H,1,7-15H2. The van der Waals surface area contributed by atoms with E-state index in [2.05, 4.69) is 39.6 Å². The van der Waals surface area contributed by atoms with Crippen LogP contribution in [-0.2, 0) is 9.59 Å². The van der Waals surface area contributed by atoms with Gasteiger partial charge in [-0.2, -0.15) is 0 Å². The van der Waals surface area contributed by atoms with Crippen molar-refractivity contribution in [1.82, 2.24) is 20.4 Å². The minimum absolute atomic E-state index is 0.0445. The summed E-state index contributed by atoms with van der Waals surface area (Å²) in [5.74, 6) is -0.254. The molecule has 3 rings (SSSR count). The van der Waals surface area contributed by atoms with Gasteiger partial charge < -0.3 is 5.32 Å². The summed E-state index contributed by atoms with van der Waals surface area (Å²) in [6, 6.07) is 7.39. The fourth-order valence-electron chi connectivity index (χ4n) is 3.97. The molecule has 0 amide bonds. The molecule has 168 valence electrons. The largest absolute Gasteiger partial charge is 0.389 e. The number of piperazine rings is 1. The molecule has 2 aliphatic rings. The van der Waals surface area contributed by atoms with Gasteiger partial charge in [0.2, 0.25) is 0 Å². The fraction of sp³-hybridized carbons (Fsp3) is 0.478. The Labute approximate surface area is 195 Å². The van der Waals surface area contributed by atoms with Gasteiger partial charge in [-0.05, 0) is 23.6 Å². The van der Waals surface area contributed by atoms with Gasteiger partial charge >= 0.3 is 0 Å². The lowest BCUT2D eigenvalue weighted by Crippen LogP contribution is -2.53. The summed E-state index contributed by atoms with van der Waals surface area (Å²) in [6.45, 7) is 9.84. The maximum Gasteiger partial charge on any atom is 0.168 e. The molecule has 8 heteroatoms. The second kappa shape index (κ2) is 11.8. The molecule has 0 bridgehead atoms. The van der Waals surface area contributed by atoms with Gasteiger partial charge in [0.25, 0.3) is 0 Å². The first-order valence-corrected chi connectivity index (χ1v) is 11.6. The Morgan fingerprint density at radius 2 is 1.77 bits per heavy atom. The maximum atomic E-state index is 12.5. The highest BCUT2D eigenvalue weighted by molar-refractivity contribution is 7.80. The molecule has 1 saturated carbocycles. The van der Waals surface area contributed by atoms with Gasteiger partial charge in [-0.1, -0.05) is 29.8 Å². The molecule has 1 atom stereocenters. The zero-order valence-electron chi connectivity index (χ0n) is 17.7. The molecule has 31 heavy (non-hydrogen) atoms. The molecule has 0 radical (unpaired) electrons. The molecule has 1 aromatic rings. The molecule has 1 saturated heterocycles. The monoisotopic (exact) mass is 462 g/mol. The molecule has 0 aromatic heterocycles. The Kier molecular flexibility index (Phi) is 9.16. The van der Waals surface area contributed by atoms with Crippen molar-refractivity contribution in [3.05, 3.63) is 59.3 Å². The third-order valence-corrected chi connectivity index (χ3v) is 6.58. The molecule has 1 aliphatic carbocycles. The van der Waals surface area contributed by atoms with Crippen LogP contribution in [0, 0.1) is 0 Å². The van der Waals surface area contributed by atoms with Crippen molar-refractivity contribution in [2.24, 2.45) is 0 Å². The first-order chi connectivity index (χ1) is 15.0. The summed E-state index contributed by atoms with van der Waals surface area (Å²) in [5, 5.41) is 7.12. The lowest BCUT2D eigenvalue weighted by molar-refractivity contribution is -0.124. The maximum absolute atomic E-state index is 12.5. The van der Waals surface area contributed by atoms with Gasteiger partial charge in [-0.15, -0.1) is 19.2 Å². The van der Waals surface area contributed by atoms with Crippen LogP contribution >= 0.6 is 24.2 Å². The van der Waals surface area contributed by atoms with Crippen LogP contribution in [0.1, 0.15) is 24.3 Å². The van der Waals surface area contributed by atoms with Gasteiger partial charge in [-0.3, -0.25) is 24.7 Å². The Hall–Kier alpha value is -1.64. The highest BCUT2D eigenvalue weighted by atomic mass is 35.5. The lowest BCUT2D eigenvalue weighted by atomic mass is 9.80. The summed E-state index contributed by atoms with van der Waals surface area (Å²) in [5.41, 5.74) is 1.32. The number of hydrogen-bond acceptors (Lipinski definition) is 7. The van der Waals surface area contributed by atoms with Gasteiger partial charge in [-0.25, -0.2) is 0 Å².